The molecule has 2 aliphatic rings. The summed E-state index contributed by atoms with van der Waals surface area (Å²) >= 11 is 0. The fraction of sp³-hybridized carbons (Fsp3) is 1.00. The van der Waals surface area contributed by atoms with E-state index in [-0.39, 0.29) is 0 Å². The van der Waals surface area contributed by atoms with Crippen LogP contribution in [-0.4, -0.2) is 37.1 Å². The second kappa shape index (κ2) is 6.91. The molecular weight excluding hydrogens is 220 g/mol. The van der Waals surface area contributed by atoms with Gasteiger partial charge in [-0.1, -0.05) is 27.2 Å². The monoisotopic (exact) mass is 252 g/mol. The average molecular weight is 252 g/mol. The van der Waals surface area contributed by atoms with Crippen molar-refractivity contribution in [1.29, 1.82) is 0 Å². The summed E-state index contributed by atoms with van der Waals surface area (Å²) in [5.74, 6) is 2.80. The zero-order valence-corrected chi connectivity index (χ0v) is 12.6. The van der Waals surface area contributed by atoms with Gasteiger partial charge in [-0.2, -0.15) is 0 Å². The van der Waals surface area contributed by atoms with Crippen LogP contribution in [0, 0.1) is 17.8 Å². The Morgan fingerprint density at radius 2 is 2.00 bits per heavy atom. The second-order valence-corrected chi connectivity index (χ2v) is 6.87. The summed E-state index contributed by atoms with van der Waals surface area (Å²) in [4.78, 5) is 2.73. The van der Waals surface area contributed by atoms with Gasteiger partial charge in [0.25, 0.3) is 0 Å². The quantitative estimate of drug-likeness (QED) is 0.809. The molecule has 0 aromatic heterocycles. The van der Waals surface area contributed by atoms with Crippen LogP contribution in [0.2, 0.25) is 0 Å². The molecule has 18 heavy (non-hydrogen) atoms. The fourth-order valence-electron chi connectivity index (χ4n) is 3.89. The molecular formula is C16H32N2. The first-order valence-electron chi connectivity index (χ1n) is 8.14. The van der Waals surface area contributed by atoms with Crippen LogP contribution in [0.5, 0.6) is 0 Å². The largest absolute Gasteiger partial charge is 0.314 e. The molecule has 4 atom stereocenters. The number of hydrogen-bond donors (Lipinski definition) is 1. The lowest BCUT2D eigenvalue weighted by molar-refractivity contribution is 0.129. The SMILES string of the molecule is CCCNC1CCN(CC2CCC(C)C2)CC1C. The van der Waals surface area contributed by atoms with Crippen molar-refractivity contribution in [1.82, 2.24) is 10.2 Å². The van der Waals surface area contributed by atoms with Gasteiger partial charge in [0, 0.05) is 19.1 Å². The zero-order chi connectivity index (χ0) is 13.0. The Bertz CT molecular complexity index is 241. The van der Waals surface area contributed by atoms with E-state index in [1.165, 1.54) is 58.3 Å². The van der Waals surface area contributed by atoms with Gasteiger partial charge < -0.3 is 10.2 Å². The Labute approximate surface area is 114 Å². The first-order chi connectivity index (χ1) is 8.69. The van der Waals surface area contributed by atoms with Gasteiger partial charge >= 0.3 is 0 Å². The van der Waals surface area contributed by atoms with Crippen molar-refractivity contribution < 1.29 is 0 Å². The number of likely N-dealkylation sites (tertiary alicyclic amines) is 1. The van der Waals surface area contributed by atoms with Crippen molar-refractivity contribution in [3.05, 3.63) is 0 Å². The lowest BCUT2D eigenvalue weighted by atomic mass is 9.92. The maximum Gasteiger partial charge on any atom is 0.0117 e. The third kappa shape index (κ3) is 3.96. The van der Waals surface area contributed by atoms with E-state index in [0.29, 0.717) is 0 Å². The number of piperidine rings is 1. The molecule has 1 N–H and O–H groups in total. The predicted molar refractivity (Wildman–Crippen MR) is 78.8 cm³/mol. The molecule has 0 aromatic carbocycles. The Morgan fingerprint density at radius 3 is 2.61 bits per heavy atom. The molecule has 1 saturated carbocycles. The number of rotatable bonds is 5. The van der Waals surface area contributed by atoms with Crippen molar-refractivity contribution in [3.63, 3.8) is 0 Å². The van der Waals surface area contributed by atoms with Crippen molar-refractivity contribution >= 4 is 0 Å². The minimum Gasteiger partial charge on any atom is -0.314 e. The average Bonchev–Trinajstić information content (AvgIpc) is 2.74. The number of nitrogens with zero attached hydrogens (tertiary/aromatic N) is 1. The van der Waals surface area contributed by atoms with E-state index in [1.54, 1.807) is 0 Å². The molecule has 2 nitrogen and oxygen atoms in total. The smallest absolute Gasteiger partial charge is 0.0117 e. The third-order valence-electron chi connectivity index (χ3n) is 4.97. The number of nitrogens with one attached hydrogen (secondary N) is 1. The van der Waals surface area contributed by atoms with Gasteiger partial charge in [0.05, 0.1) is 0 Å². The standard InChI is InChI=1S/C16H32N2/c1-4-8-17-16-7-9-18(11-14(16)3)12-15-6-5-13(2)10-15/h13-17H,4-12H2,1-3H3. The van der Waals surface area contributed by atoms with Crippen LogP contribution < -0.4 is 5.32 Å². The third-order valence-corrected chi connectivity index (χ3v) is 4.97. The highest BCUT2D eigenvalue weighted by Crippen LogP contribution is 2.31. The topological polar surface area (TPSA) is 15.3 Å². The van der Waals surface area contributed by atoms with E-state index in [2.05, 4.69) is 31.0 Å². The molecule has 2 fully saturated rings. The normalized spacial score (nSPS) is 38.2. The molecule has 4 unspecified atom stereocenters. The van der Waals surface area contributed by atoms with Gasteiger partial charge in [-0.05, 0) is 56.5 Å². The molecule has 106 valence electrons. The zero-order valence-electron chi connectivity index (χ0n) is 12.6. The van der Waals surface area contributed by atoms with Crippen LogP contribution in [0.25, 0.3) is 0 Å². The van der Waals surface area contributed by atoms with Gasteiger partial charge in [0.15, 0.2) is 0 Å². The van der Waals surface area contributed by atoms with Crippen molar-refractivity contribution in [2.24, 2.45) is 17.8 Å². The predicted octanol–water partition coefficient (Wildman–Crippen LogP) is 3.13. The summed E-state index contributed by atoms with van der Waals surface area (Å²) in [6, 6.07) is 0.767. The summed E-state index contributed by atoms with van der Waals surface area (Å²) in [5, 5.41) is 3.72. The van der Waals surface area contributed by atoms with E-state index in [0.717, 1.165) is 23.8 Å². The Balaban J connectivity index is 1.70. The van der Waals surface area contributed by atoms with E-state index < -0.39 is 0 Å². The van der Waals surface area contributed by atoms with Gasteiger partial charge in [0.2, 0.25) is 0 Å². The molecule has 1 saturated heterocycles. The molecule has 0 aromatic rings. The second-order valence-electron chi connectivity index (χ2n) is 6.87. The fourth-order valence-corrected chi connectivity index (χ4v) is 3.89. The van der Waals surface area contributed by atoms with Crippen LogP contribution in [0.3, 0.4) is 0 Å². The first-order valence-corrected chi connectivity index (χ1v) is 8.14. The summed E-state index contributed by atoms with van der Waals surface area (Å²) in [7, 11) is 0. The minimum absolute atomic E-state index is 0.767. The summed E-state index contributed by atoms with van der Waals surface area (Å²) in [6.45, 7) is 12.3. The Kier molecular flexibility index (Phi) is 5.50. The molecule has 2 rings (SSSR count). The maximum absolute atomic E-state index is 3.72. The van der Waals surface area contributed by atoms with E-state index >= 15 is 0 Å². The van der Waals surface area contributed by atoms with Crippen molar-refractivity contribution in [2.45, 2.75) is 58.9 Å². The van der Waals surface area contributed by atoms with Crippen molar-refractivity contribution in [2.75, 3.05) is 26.2 Å². The lowest BCUT2D eigenvalue weighted by Crippen LogP contribution is -2.49. The van der Waals surface area contributed by atoms with Gasteiger partial charge in [0.1, 0.15) is 0 Å². The highest BCUT2D eigenvalue weighted by molar-refractivity contribution is 4.85. The van der Waals surface area contributed by atoms with Crippen molar-refractivity contribution in [3.8, 4) is 0 Å². The van der Waals surface area contributed by atoms with Gasteiger partial charge in [-0.15, -0.1) is 0 Å². The van der Waals surface area contributed by atoms with Gasteiger partial charge in [-0.3, -0.25) is 0 Å². The summed E-state index contributed by atoms with van der Waals surface area (Å²) in [6.07, 6.45) is 7.02. The van der Waals surface area contributed by atoms with E-state index in [1.807, 2.05) is 0 Å². The first kappa shape index (κ1) is 14.3. The molecule has 2 heteroatoms. The maximum atomic E-state index is 3.72. The van der Waals surface area contributed by atoms with E-state index in [4.69, 9.17) is 0 Å². The molecule has 0 amide bonds. The highest BCUT2D eigenvalue weighted by Gasteiger charge is 2.29. The van der Waals surface area contributed by atoms with Crippen LogP contribution >= 0.6 is 0 Å². The summed E-state index contributed by atoms with van der Waals surface area (Å²) in [5.41, 5.74) is 0. The molecule has 1 aliphatic heterocycles. The number of hydrogen-bond acceptors (Lipinski definition) is 2. The molecule has 1 heterocycles. The minimum atomic E-state index is 0.767. The Morgan fingerprint density at radius 1 is 1.17 bits per heavy atom. The highest BCUT2D eigenvalue weighted by atomic mass is 15.1. The lowest BCUT2D eigenvalue weighted by Gasteiger charge is -2.38. The molecule has 0 bridgehead atoms. The van der Waals surface area contributed by atoms with Gasteiger partial charge in [-0.25, -0.2) is 0 Å². The summed E-state index contributed by atoms with van der Waals surface area (Å²) < 4.78 is 0. The van der Waals surface area contributed by atoms with Crippen LogP contribution in [-0.2, 0) is 0 Å². The van der Waals surface area contributed by atoms with Crippen LogP contribution in [0.15, 0.2) is 0 Å². The molecule has 1 aliphatic carbocycles. The molecule has 0 spiro atoms. The Hall–Kier alpha value is -0.0800. The van der Waals surface area contributed by atoms with Crippen LogP contribution in [0.4, 0.5) is 0 Å². The molecule has 0 radical (unpaired) electrons. The van der Waals surface area contributed by atoms with Crippen LogP contribution in [0.1, 0.15) is 52.9 Å². The van der Waals surface area contributed by atoms with E-state index in [9.17, 15) is 0 Å².